The Kier molecular flexibility index (Phi) is 5.10. The average molecular weight is 256 g/mol. The molecule has 1 aromatic carbocycles. The van der Waals surface area contributed by atoms with E-state index in [4.69, 9.17) is 15.3 Å². The summed E-state index contributed by atoms with van der Waals surface area (Å²) in [5, 5.41) is 46.3. The predicted molar refractivity (Wildman–Crippen MR) is 65.6 cm³/mol. The minimum absolute atomic E-state index is 0.0483. The number of aliphatic hydroxyl groups excluding tert-OH is 1. The van der Waals surface area contributed by atoms with Gasteiger partial charge in [0, 0.05) is 6.42 Å². The molecule has 18 heavy (non-hydrogen) atoms. The number of phenolic OH excluding ortho intramolecular Hbond substituents is 1. The van der Waals surface area contributed by atoms with Crippen molar-refractivity contribution < 1.29 is 25.5 Å². The molecule has 0 aliphatic rings. The Morgan fingerprint density at radius 2 is 1.67 bits per heavy atom. The van der Waals surface area contributed by atoms with Crippen LogP contribution in [0.15, 0.2) is 24.3 Å². The fourth-order valence-corrected chi connectivity index (χ4v) is 1.68. The van der Waals surface area contributed by atoms with Crippen LogP contribution in [0.5, 0.6) is 5.75 Å². The maximum absolute atomic E-state index is 9.67. The lowest BCUT2D eigenvalue weighted by Crippen LogP contribution is -2.42. The number of aliphatic hydroxyl groups is 4. The highest BCUT2D eigenvalue weighted by Gasteiger charge is 2.34. The Balaban J connectivity index is 2.43. The Morgan fingerprint density at radius 3 is 2.17 bits per heavy atom. The van der Waals surface area contributed by atoms with E-state index in [0.29, 0.717) is 12.8 Å². The molecule has 5 N–H and O–H groups in total. The number of benzene rings is 1. The summed E-state index contributed by atoms with van der Waals surface area (Å²) in [4.78, 5) is 0. The van der Waals surface area contributed by atoms with Gasteiger partial charge in [0.25, 0.3) is 0 Å². The van der Waals surface area contributed by atoms with Crippen LogP contribution < -0.4 is 0 Å². The molecule has 0 bridgehead atoms. The number of aryl methyl sites for hydroxylation is 1. The van der Waals surface area contributed by atoms with Crippen molar-refractivity contribution in [3.63, 3.8) is 0 Å². The standard InChI is InChI=1S/C13H20O5/c1-9(12(15)16)13(17,18)8-2-3-10-4-6-11(14)7-5-10/h4-7,9,12,14-18H,2-3,8H2,1H3. The zero-order chi connectivity index (χ0) is 13.8. The minimum Gasteiger partial charge on any atom is -0.508 e. The van der Waals surface area contributed by atoms with Crippen molar-refractivity contribution in [2.45, 2.75) is 38.3 Å². The molecule has 0 aromatic heterocycles. The van der Waals surface area contributed by atoms with Crippen molar-refractivity contribution in [1.82, 2.24) is 0 Å². The van der Waals surface area contributed by atoms with Crippen LogP contribution in [0.25, 0.3) is 0 Å². The van der Waals surface area contributed by atoms with Crippen LogP contribution in [0.3, 0.4) is 0 Å². The molecule has 0 fully saturated rings. The molecular formula is C13H20O5. The highest BCUT2D eigenvalue weighted by atomic mass is 16.5. The SMILES string of the molecule is CC(C(O)O)C(O)(O)CCCc1ccc(O)cc1. The Labute approximate surface area is 106 Å². The molecule has 1 unspecified atom stereocenters. The summed E-state index contributed by atoms with van der Waals surface area (Å²) in [6, 6.07) is 6.66. The van der Waals surface area contributed by atoms with E-state index in [-0.39, 0.29) is 12.2 Å². The first-order valence-corrected chi connectivity index (χ1v) is 5.92. The first kappa shape index (κ1) is 14.9. The molecule has 0 aliphatic carbocycles. The summed E-state index contributed by atoms with van der Waals surface area (Å²) in [6.45, 7) is 1.37. The van der Waals surface area contributed by atoms with Crippen LogP contribution in [0, 0.1) is 5.92 Å². The topological polar surface area (TPSA) is 101 Å². The van der Waals surface area contributed by atoms with Crippen LogP contribution in [-0.2, 0) is 6.42 Å². The molecule has 1 atom stereocenters. The van der Waals surface area contributed by atoms with Gasteiger partial charge in [-0.15, -0.1) is 0 Å². The van der Waals surface area contributed by atoms with E-state index >= 15 is 0 Å². The highest BCUT2D eigenvalue weighted by Crippen LogP contribution is 2.23. The fourth-order valence-electron chi connectivity index (χ4n) is 1.68. The highest BCUT2D eigenvalue weighted by molar-refractivity contribution is 5.25. The van der Waals surface area contributed by atoms with Crippen LogP contribution in [0.4, 0.5) is 0 Å². The number of aromatic hydroxyl groups is 1. The van der Waals surface area contributed by atoms with Crippen molar-refractivity contribution in [2.75, 3.05) is 0 Å². The van der Waals surface area contributed by atoms with Gasteiger partial charge in [-0.25, -0.2) is 0 Å². The Hall–Kier alpha value is -1.14. The fraction of sp³-hybridized carbons (Fsp3) is 0.538. The maximum atomic E-state index is 9.67. The zero-order valence-electron chi connectivity index (χ0n) is 10.3. The van der Waals surface area contributed by atoms with Gasteiger partial charge in [-0.1, -0.05) is 19.1 Å². The number of rotatable bonds is 6. The lowest BCUT2D eigenvalue weighted by atomic mass is 9.94. The second kappa shape index (κ2) is 6.15. The molecule has 0 aliphatic heterocycles. The number of hydrogen-bond donors (Lipinski definition) is 5. The third-order valence-corrected chi connectivity index (χ3v) is 3.12. The van der Waals surface area contributed by atoms with Crippen LogP contribution >= 0.6 is 0 Å². The van der Waals surface area contributed by atoms with Gasteiger partial charge in [-0.3, -0.25) is 0 Å². The first-order valence-electron chi connectivity index (χ1n) is 5.92. The maximum Gasteiger partial charge on any atom is 0.169 e. The molecule has 5 nitrogen and oxygen atoms in total. The summed E-state index contributed by atoms with van der Waals surface area (Å²) in [5.74, 6) is -2.93. The summed E-state index contributed by atoms with van der Waals surface area (Å²) in [6.07, 6.45) is -0.590. The first-order chi connectivity index (χ1) is 8.33. The van der Waals surface area contributed by atoms with Gasteiger partial charge >= 0.3 is 0 Å². The largest absolute Gasteiger partial charge is 0.508 e. The van der Waals surface area contributed by atoms with Crippen molar-refractivity contribution in [1.29, 1.82) is 0 Å². The van der Waals surface area contributed by atoms with E-state index in [2.05, 4.69) is 0 Å². The smallest absolute Gasteiger partial charge is 0.169 e. The molecule has 0 radical (unpaired) electrons. The van der Waals surface area contributed by atoms with Crippen molar-refractivity contribution in [3.05, 3.63) is 29.8 Å². The lowest BCUT2D eigenvalue weighted by Gasteiger charge is -2.29. The van der Waals surface area contributed by atoms with Gasteiger partial charge in [0.2, 0.25) is 0 Å². The average Bonchev–Trinajstić information content (AvgIpc) is 2.30. The molecule has 0 spiro atoms. The summed E-state index contributed by atoms with van der Waals surface area (Å²) in [7, 11) is 0. The van der Waals surface area contributed by atoms with Crippen molar-refractivity contribution in [3.8, 4) is 5.75 Å². The van der Waals surface area contributed by atoms with Gasteiger partial charge in [0.15, 0.2) is 12.1 Å². The normalized spacial score (nSPS) is 13.9. The van der Waals surface area contributed by atoms with Crippen LogP contribution in [-0.4, -0.2) is 37.6 Å². The number of hydrogen-bond acceptors (Lipinski definition) is 5. The molecule has 1 rings (SSSR count). The van der Waals surface area contributed by atoms with E-state index in [0.717, 1.165) is 5.56 Å². The van der Waals surface area contributed by atoms with Crippen LogP contribution in [0.2, 0.25) is 0 Å². The van der Waals surface area contributed by atoms with E-state index < -0.39 is 18.0 Å². The minimum atomic E-state index is -2.09. The third-order valence-electron chi connectivity index (χ3n) is 3.12. The van der Waals surface area contributed by atoms with Gasteiger partial charge in [-0.2, -0.15) is 0 Å². The number of phenols is 1. The van der Waals surface area contributed by atoms with E-state index in [1.807, 2.05) is 0 Å². The summed E-state index contributed by atoms with van der Waals surface area (Å²) in [5.41, 5.74) is 0.973. The van der Waals surface area contributed by atoms with Crippen LogP contribution in [0.1, 0.15) is 25.3 Å². The molecule has 0 heterocycles. The van der Waals surface area contributed by atoms with Crippen molar-refractivity contribution >= 4 is 0 Å². The third kappa shape index (κ3) is 4.27. The Bertz CT molecular complexity index is 358. The van der Waals surface area contributed by atoms with Gasteiger partial charge in [0.05, 0.1) is 5.92 Å². The molecule has 102 valence electrons. The summed E-state index contributed by atoms with van der Waals surface area (Å²) < 4.78 is 0. The van der Waals surface area contributed by atoms with E-state index in [1.54, 1.807) is 24.3 Å². The summed E-state index contributed by atoms with van der Waals surface area (Å²) >= 11 is 0. The van der Waals surface area contributed by atoms with E-state index in [1.165, 1.54) is 6.92 Å². The van der Waals surface area contributed by atoms with Gasteiger partial charge in [-0.05, 0) is 30.5 Å². The molecule has 0 saturated heterocycles. The second-order valence-corrected chi connectivity index (χ2v) is 4.60. The monoisotopic (exact) mass is 256 g/mol. The zero-order valence-corrected chi connectivity index (χ0v) is 10.3. The predicted octanol–water partition coefficient (Wildman–Crippen LogP) is 0.343. The molecule has 0 saturated carbocycles. The lowest BCUT2D eigenvalue weighted by molar-refractivity contribution is -0.251. The molecular weight excluding hydrogens is 236 g/mol. The molecule has 5 heteroatoms. The molecule has 0 amide bonds. The second-order valence-electron chi connectivity index (χ2n) is 4.60. The van der Waals surface area contributed by atoms with E-state index in [9.17, 15) is 10.2 Å². The quantitative estimate of drug-likeness (QED) is 0.473. The molecule has 1 aromatic rings. The van der Waals surface area contributed by atoms with Gasteiger partial charge in [0.1, 0.15) is 5.75 Å². The Morgan fingerprint density at radius 1 is 1.11 bits per heavy atom. The van der Waals surface area contributed by atoms with Gasteiger partial charge < -0.3 is 25.5 Å². The van der Waals surface area contributed by atoms with Crippen molar-refractivity contribution in [2.24, 2.45) is 5.92 Å².